The number of amides is 1. The van der Waals surface area contributed by atoms with E-state index in [1.165, 1.54) is 11.3 Å². The van der Waals surface area contributed by atoms with Crippen molar-refractivity contribution in [3.05, 3.63) is 35.1 Å². The minimum atomic E-state index is -0.187. The molecule has 1 aliphatic rings. The minimum absolute atomic E-state index is 0. The van der Waals surface area contributed by atoms with E-state index in [0.717, 1.165) is 24.3 Å². The second kappa shape index (κ2) is 9.93. The van der Waals surface area contributed by atoms with Crippen LogP contribution < -0.4 is 9.64 Å². The first-order valence-electron chi connectivity index (χ1n) is 9.31. The molecule has 2 aromatic heterocycles. The minimum Gasteiger partial charge on any atom is -0.494 e. The van der Waals surface area contributed by atoms with Gasteiger partial charge in [-0.2, -0.15) is 5.10 Å². The van der Waals surface area contributed by atoms with Crippen LogP contribution in [-0.2, 0) is 11.8 Å². The Labute approximate surface area is 189 Å². The van der Waals surface area contributed by atoms with E-state index >= 15 is 0 Å². The number of morpholine rings is 1. The van der Waals surface area contributed by atoms with Gasteiger partial charge in [0, 0.05) is 39.4 Å². The third-order valence-corrected chi connectivity index (χ3v) is 6.36. The number of hydrogen-bond acceptors (Lipinski definition) is 7. The number of thiazole rings is 1. The monoisotopic (exact) mass is 471 g/mol. The van der Waals surface area contributed by atoms with Crippen LogP contribution in [0.2, 0.25) is 5.02 Å². The van der Waals surface area contributed by atoms with Gasteiger partial charge >= 0.3 is 0 Å². The number of aromatic nitrogens is 3. The van der Waals surface area contributed by atoms with E-state index in [4.69, 9.17) is 26.1 Å². The maximum Gasteiger partial charge on any atom is 0.280 e. The van der Waals surface area contributed by atoms with E-state index in [0.29, 0.717) is 46.9 Å². The van der Waals surface area contributed by atoms with Gasteiger partial charge in [-0.15, -0.1) is 12.4 Å². The van der Waals surface area contributed by atoms with Gasteiger partial charge in [0.2, 0.25) is 0 Å². The van der Waals surface area contributed by atoms with Crippen LogP contribution >= 0.6 is 35.3 Å². The number of methoxy groups -OCH3 is 1. The number of rotatable bonds is 6. The van der Waals surface area contributed by atoms with Crippen LogP contribution in [0.4, 0.5) is 5.13 Å². The van der Waals surface area contributed by atoms with Gasteiger partial charge in [-0.05, 0) is 18.2 Å². The summed E-state index contributed by atoms with van der Waals surface area (Å²) in [5.74, 6) is 0.443. The summed E-state index contributed by atoms with van der Waals surface area (Å²) in [6.07, 6.45) is 1.76. The van der Waals surface area contributed by atoms with Gasteiger partial charge in [-0.1, -0.05) is 22.9 Å². The van der Waals surface area contributed by atoms with E-state index in [-0.39, 0.29) is 18.3 Å². The fraction of sp³-hybridized carbons (Fsp3) is 0.421. The van der Waals surface area contributed by atoms with E-state index in [2.05, 4.69) is 10.00 Å². The molecule has 1 amide bonds. The van der Waals surface area contributed by atoms with Gasteiger partial charge in [-0.25, -0.2) is 4.98 Å². The Kier molecular flexibility index (Phi) is 7.54. The summed E-state index contributed by atoms with van der Waals surface area (Å²) in [7, 11) is 3.38. The Bertz CT molecular complexity index is 1020. The van der Waals surface area contributed by atoms with Crippen molar-refractivity contribution in [3.63, 3.8) is 0 Å². The average molecular weight is 472 g/mol. The van der Waals surface area contributed by atoms with Gasteiger partial charge in [0.25, 0.3) is 5.91 Å². The van der Waals surface area contributed by atoms with Crippen LogP contribution in [0.5, 0.6) is 5.75 Å². The quantitative estimate of drug-likeness (QED) is 0.549. The number of anilines is 1. The number of nitrogens with zero attached hydrogens (tertiary/aromatic N) is 5. The molecule has 0 atom stereocenters. The lowest BCUT2D eigenvalue weighted by Crippen LogP contribution is -2.43. The molecule has 30 heavy (non-hydrogen) atoms. The summed E-state index contributed by atoms with van der Waals surface area (Å²) in [5.41, 5.74) is 1.04. The Morgan fingerprint density at radius 2 is 2.10 bits per heavy atom. The number of benzene rings is 1. The van der Waals surface area contributed by atoms with E-state index < -0.39 is 0 Å². The van der Waals surface area contributed by atoms with Crippen LogP contribution in [0.15, 0.2) is 24.4 Å². The predicted molar refractivity (Wildman–Crippen MR) is 121 cm³/mol. The highest BCUT2D eigenvalue weighted by Crippen LogP contribution is 2.39. The molecule has 0 spiro atoms. The number of carbonyl (C=O) groups excluding carboxylic acids is 1. The molecule has 4 rings (SSSR count). The van der Waals surface area contributed by atoms with Crippen molar-refractivity contribution in [1.82, 2.24) is 19.7 Å². The molecule has 3 aromatic rings. The van der Waals surface area contributed by atoms with E-state index in [1.54, 1.807) is 48.1 Å². The molecule has 1 saturated heterocycles. The lowest BCUT2D eigenvalue weighted by atomic mass is 10.3. The van der Waals surface area contributed by atoms with Crippen molar-refractivity contribution in [3.8, 4) is 5.75 Å². The summed E-state index contributed by atoms with van der Waals surface area (Å²) in [6.45, 7) is 4.35. The lowest BCUT2D eigenvalue weighted by Gasteiger charge is -2.29. The molecular weight excluding hydrogens is 449 g/mol. The normalized spacial score (nSPS) is 14.5. The molecule has 0 radical (unpaired) electrons. The molecule has 0 N–H and O–H groups in total. The molecule has 8 nitrogen and oxygen atoms in total. The highest BCUT2D eigenvalue weighted by Gasteiger charge is 2.25. The molecule has 0 unspecified atom stereocenters. The molecule has 162 valence electrons. The molecular formula is C19H23Cl2N5O3S. The summed E-state index contributed by atoms with van der Waals surface area (Å²) < 4.78 is 13.3. The van der Waals surface area contributed by atoms with E-state index in [1.807, 2.05) is 0 Å². The van der Waals surface area contributed by atoms with Crippen molar-refractivity contribution in [2.45, 2.75) is 0 Å². The lowest BCUT2D eigenvalue weighted by molar-refractivity contribution is 0.0391. The summed E-state index contributed by atoms with van der Waals surface area (Å²) in [6, 6.07) is 5.28. The number of carbonyl (C=O) groups is 1. The van der Waals surface area contributed by atoms with Gasteiger partial charge in [-0.3, -0.25) is 19.3 Å². The zero-order chi connectivity index (χ0) is 20.4. The van der Waals surface area contributed by atoms with Crippen LogP contribution in [0.3, 0.4) is 0 Å². The van der Waals surface area contributed by atoms with Gasteiger partial charge in [0.15, 0.2) is 10.8 Å². The number of fused-ring (bicyclic) bond motifs is 1. The van der Waals surface area contributed by atoms with Crippen molar-refractivity contribution in [1.29, 1.82) is 0 Å². The van der Waals surface area contributed by atoms with Gasteiger partial charge < -0.3 is 9.47 Å². The van der Waals surface area contributed by atoms with Crippen LogP contribution in [0.1, 0.15) is 10.5 Å². The standard InChI is InChI=1S/C19H22ClN5O3S.ClH/c1-23-6-5-14(22-23)18(26)25(8-7-24-9-11-28-12-10-24)19-21-16-15(27-2)4-3-13(20)17(16)29-19;/h3-6H,7-12H2,1-2H3;1H. The molecule has 0 aliphatic carbocycles. The average Bonchev–Trinajstić information content (AvgIpc) is 3.36. The van der Waals surface area contributed by atoms with Crippen molar-refractivity contribution < 1.29 is 14.3 Å². The fourth-order valence-electron chi connectivity index (χ4n) is 3.24. The third kappa shape index (κ3) is 4.70. The van der Waals surface area contributed by atoms with Crippen LogP contribution in [-0.4, -0.2) is 72.1 Å². The van der Waals surface area contributed by atoms with Crippen LogP contribution in [0, 0.1) is 0 Å². The predicted octanol–water partition coefficient (Wildman–Crippen LogP) is 3.09. The topological polar surface area (TPSA) is 72.7 Å². The maximum atomic E-state index is 13.3. The zero-order valence-corrected chi connectivity index (χ0v) is 19.1. The molecule has 1 aliphatic heterocycles. The van der Waals surface area contributed by atoms with Crippen molar-refractivity contribution in [2.75, 3.05) is 51.4 Å². The van der Waals surface area contributed by atoms with Gasteiger partial charge in [0.1, 0.15) is 11.3 Å². The van der Waals surface area contributed by atoms with E-state index in [9.17, 15) is 4.79 Å². The zero-order valence-electron chi connectivity index (χ0n) is 16.7. The number of aryl methyl sites for hydroxylation is 1. The molecule has 1 aromatic carbocycles. The van der Waals surface area contributed by atoms with Crippen molar-refractivity contribution >= 4 is 56.6 Å². The maximum absolute atomic E-state index is 13.3. The SMILES string of the molecule is COc1ccc(Cl)c2sc(N(CCN3CCOCC3)C(=O)c3ccn(C)n3)nc12.Cl. The first-order valence-corrected chi connectivity index (χ1v) is 10.5. The molecule has 11 heteroatoms. The number of hydrogen-bond donors (Lipinski definition) is 0. The second-order valence-corrected chi connectivity index (χ2v) is 8.09. The Morgan fingerprint density at radius 1 is 1.33 bits per heavy atom. The number of ether oxygens (including phenoxy) is 2. The second-order valence-electron chi connectivity index (χ2n) is 6.71. The van der Waals surface area contributed by atoms with Crippen molar-refractivity contribution in [2.24, 2.45) is 7.05 Å². The summed E-state index contributed by atoms with van der Waals surface area (Å²) in [4.78, 5) is 21.9. The summed E-state index contributed by atoms with van der Waals surface area (Å²) >= 11 is 7.76. The van der Waals surface area contributed by atoms with Gasteiger partial charge in [0.05, 0.1) is 30.0 Å². The Morgan fingerprint density at radius 3 is 2.77 bits per heavy atom. The Hall–Kier alpha value is -1.91. The molecule has 3 heterocycles. The molecule has 0 saturated carbocycles. The van der Waals surface area contributed by atoms with Crippen LogP contribution in [0.25, 0.3) is 10.2 Å². The Balaban J connectivity index is 0.00000256. The smallest absolute Gasteiger partial charge is 0.280 e. The largest absolute Gasteiger partial charge is 0.494 e. The highest BCUT2D eigenvalue weighted by atomic mass is 35.5. The highest BCUT2D eigenvalue weighted by molar-refractivity contribution is 7.23. The molecule has 1 fully saturated rings. The summed E-state index contributed by atoms with van der Waals surface area (Å²) in [5, 5.41) is 5.44. The fourth-order valence-corrected chi connectivity index (χ4v) is 4.52. The first-order chi connectivity index (χ1) is 14.1. The molecule has 0 bridgehead atoms. The third-order valence-electron chi connectivity index (χ3n) is 4.82. The number of halogens is 2. The first kappa shape index (κ1) is 22.8.